The summed E-state index contributed by atoms with van der Waals surface area (Å²) in [5.74, 6) is -0.814. The number of halogens is 4. The van der Waals surface area contributed by atoms with E-state index >= 15 is 0 Å². The van der Waals surface area contributed by atoms with E-state index in [9.17, 15) is 26.4 Å². The summed E-state index contributed by atoms with van der Waals surface area (Å²) in [5.41, 5.74) is 0.248. The van der Waals surface area contributed by atoms with E-state index in [1.54, 1.807) is 25.1 Å². The summed E-state index contributed by atoms with van der Waals surface area (Å²) in [4.78, 5) is 11.1. The third-order valence-electron chi connectivity index (χ3n) is 5.96. The number of nitrogens with zero attached hydrogens (tertiary/aromatic N) is 1. The highest BCUT2D eigenvalue weighted by molar-refractivity contribution is 7.92. The van der Waals surface area contributed by atoms with Crippen molar-refractivity contribution in [3.05, 3.63) is 87.9 Å². The summed E-state index contributed by atoms with van der Waals surface area (Å²) in [6, 6.07) is 14.8. The zero-order valence-electron chi connectivity index (χ0n) is 20.1. The van der Waals surface area contributed by atoms with Crippen LogP contribution < -0.4 is 9.04 Å². The highest BCUT2D eigenvalue weighted by atomic mass is 35.5. The highest BCUT2D eigenvalue weighted by Crippen LogP contribution is 2.40. The summed E-state index contributed by atoms with van der Waals surface area (Å²) < 4.78 is 75.0. The zero-order valence-corrected chi connectivity index (χ0v) is 21.6. The fourth-order valence-corrected chi connectivity index (χ4v) is 6.06. The van der Waals surface area contributed by atoms with E-state index in [1.807, 2.05) is 0 Å². The van der Waals surface area contributed by atoms with Crippen LogP contribution in [0.5, 0.6) is 5.75 Å². The molecule has 1 N–H and O–H groups in total. The maximum atomic E-state index is 13.7. The van der Waals surface area contributed by atoms with Crippen molar-refractivity contribution < 1.29 is 36.2 Å². The van der Waals surface area contributed by atoms with Gasteiger partial charge in [0.05, 0.1) is 27.7 Å². The third kappa shape index (κ3) is 5.97. The Labute approximate surface area is 223 Å². The molecule has 0 radical (unpaired) electrons. The molecule has 200 valence electrons. The lowest BCUT2D eigenvalue weighted by molar-refractivity contribution is -0.138. The van der Waals surface area contributed by atoms with Gasteiger partial charge in [0.2, 0.25) is 0 Å². The summed E-state index contributed by atoms with van der Waals surface area (Å²) in [6.07, 6.45) is -2.80. The Morgan fingerprint density at radius 3 is 2.55 bits per heavy atom. The van der Waals surface area contributed by atoms with Crippen LogP contribution in [0.4, 0.5) is 18.9 Å². The molecule has 3 aromatic carbocycles. The number of rotatable bonds is 7. The van der Waals surface area contributed by atoms with Crippen LogP contribution in [0.15, 0.2) is 65.6 Å². The second-order valence-corrected chi connectivity index (χ2v) is 11.1. The normalized spacial score (nSPS) is 15.8. The Balaban J connectivity index is 1.75. The van der Waals surface area contributed by atoms with Crippen LogP contribution in [0.3, 0.4) is 0 Å². The van der Waals surface area contributed by atoms with Crippen LogP contribution in [-0.4, -0.2) is 32.1 Å². The van der Waals surface area contributed by atoms with Crippen LogP contribution in [-0.2, 0) is 21.0 Å². The van der Waals surface area contributed by atoms with Crippen molar-refractivity contribution in [2.45, 2.75) is 36.9 Å². The number of anilines is 1. The van der Waals surface area contributed by atoms with Gasteiger partial charge in [0.1, 0.15) is 11.9 Å². The minimum absolute atomic E-state index is 0.0528. The summed E-state index contributed by atoms with van der Waals surface area (Å²) in [7, 11) is -4.07. The first-order valence-corrected chi connectivity index (χ1v) is 13.3. The maximum absolute atomic E-state index is 13.7. The second-order valence-electron chi connectivity index (χ2n) is 8.79. The molecular formula is C27H23ClF3NO5S. The topological polar surface area (TPSA) is 83.9 Å². The number of ether oxygens (including phenoxy) is 1. The lowest BCUT2D eigenvalue weighted by atomic mass is 10.0. The van der Waals surface area contributed by atoms with E-state index in [0.717, 1.165) is 15.9 Å². The molecule has 38 heavy (non-hydrogen) atoms. The first kappa shape index (κ1) is 27.5. The molecule has 4 rings (SSSR count). The van der Waals surface area contributed by atoms with Gasteiger partial charge in [-0.15, -0.1) is 0 Å². The molecule has 1 atom stereocenters. The molecule has 0 unspecified atom stereocenters. The Bertz CT molecular complexity index is 1500. The summed E-state index contributed by atoms with van der Waals surface area (Å²) in [5, 5.41) is 8.65. The van der Waals surface area contributed by atoms with Gasteiger partial charge in [-0.05, 0) is 60.4 Å². The quantitative estimate of drug-likeness (QED) is 0.324. The molecule has 1 aliphatic rings. The van der Waals surface area contributed by atoms with E-state index in [1.165, 1.54) is 48.6 Å². The van der Waals surface area contributed by atoms with E-state index in [0.29, 0.717) is 5.56 Å². The number of carboxylic acids is 1. The maximum Gasteiger partial charge on any atom is 0.418 e. The standard InChI is InChI=1S/C27H23ClF3NO5S/c1-17-4-2-6-21(14-17)38(35,36)32-16-20(11-13-25(33)34)37-24-12-9-18(15-23(24)32)8-10-19-5-3-7-22(28)26(19)27(29,30)31/h2-10,12,14-15,20H,11,13,16H2,1H3,(H,33,34)/b10-8+/t20-/m0/s1. The molecule has 0 spiro atoms. The predicted octanol–water partition coefficient (Wildman–Crippen LogP) is 6.66. The number of carboxylic acid groups (broad SMARTS) is 1. The van der Waals surface area contributed by atoms with Crippen LogP contribution >= 0.6 is 11.6 Å². The molecule has 0 saturated heterocycles. The number of hydrogen-bond acceptors (Lipinski definition) is 4. The Hall–Kier alpha value is -3.50. The zero-order chi connectivity index (χ0) is 27.7. The number of benzene rings is 3. The van der Waals surface area contributed by atoms with Crippen LogP contribution in [0.25, 0.3) is 12.2 Å². The number of aryl methyl sites for hydroxylation is 1. The van der Waals surface area contributed by atoms with Gasteiger partial charge >= 0.3 is 12.1 Å². The molecular weight excluding hydrogens is 543 g/mol. The number of alkyl halides is 3. The molecule has 6 nitrogen and oxygen atoms in total. The fraction of sp³-hybridized carbons (Fsp3) is 0.222. The van der Waals surface area contributed by atoms with E-state index in [-0.39, 0.29) is 41.3 Å². The molecule has 0 saturated carbocycles. The van der Waals surface area contributed by atoms with E-state index < -0.39 is 38.9 Å². The van der Waals surface area contributed by atoms with Crippen molar-refractivity contribution in [3.8, 4) is 5.75 Å². The smallest absolute Gasteiger partial charge is 0.418 e. The molecule has 0 aliphatic carbocycles. The minimum atomic E-state index is -4.66. The third-order valence-corrected chi connectivity index (χ3v) is 8.05. The van der Waals surface area contributed by atoms with Gasteiger partial charge in [0.15, 0.2) is 0 Å². The van der Waals surface area contributed by atoms with Gasteiger partial charge in [-0.25, -0.2) is 8.42 Å². The Kier molecular flexibility index (Phi) is 7.75. The van der Waals surface area contributed by atoms with Gasteiger partial charge < -0.3 is 9.84 Å². The van der Waals surface area contributed by atoms with Crippen LogP contribution in [0.2, 0.25) is 5.02 Å². The van der Waals surface area contributed by atoms with Crippen molar-refractivity contribution in [2.24, 2.45) is 0 Å². The molecule has 3 aromatic rings. The lowest BCUT2D eigenvalue weighted by Gasteiger charge is -2.35. The molecule has 11 heteroatoms. The largest absolute Gasteiger partial charge is 0.486 e. The van der Waals surface area contributed by atoms with Crippen molar-refractivity contribution in [2.75, 3.05) is 10.8 Å². The van der Waals surface area contributed by atoms with Gasteiger partial charge in [-0.3, -0.25) is 9.10 Å². The van der Waals surface area contributed by atoms with Crippen molar-refractivity contribution in [1.29, 1.82) is 0 Å². The molecule has 0 amide bonds. The fourth-order valence-electron chi connectivity index (χ4n) is 4.16. The van der Waals surface area contributed by atoms with Crippen molar-refractivity contribution in [1.82, 2.24) is 0 Å². The first-order valence-electron chi connectivity index (χ1n) is 11.5. The number of sulfonamides is 1. The molecule has 1 aliphatic heterocycles. The predicted molar refractivity (Wildman–Crippen MR) is 139 cm³/mol. The van der Waals surface area contributed by atoms with Gasteiger partial charge in [-0.2, -0.15) is 13.2 Å². The average Bonchev–Trinajstić information content (AvgIpc) is 2.84. The van der Waals surface area contributed by atoms with E-state index in [4.69, 9.17) is 21.4 Å². The van der Waals surface area contributed by atoms with Crippen molar-refractivity contribution >= 4 is 45.4 Å². The number of aliphatic carboxylic acids is 1. The first-order chi connectivity index (χ1) is 17.9. The number of carbonyl (C=O) groups is 1. The van der Waals surface area contributed by atoms with Crippen molar-refractivity contribution in [3.63, 3.8) is 0 Å². The van der Waals surface area contributed by atoms with Gasteiger partial charge in [0, 0.05) is 6.42 Å². The second kappa shape index (κ2) is 10.7. The highest BCUT2D eigenvalue weighted by Gasteiger charge is 2.36. The van der Waals surface area contributed by atoms with Crippen LogP contribution in [0.1, 0.15) is 35.1 Å². The summed E-state index contributed by atoms with van der Waals surface area (Å²) >= 11 is 5.81. The SMILES string of the molecule is Cc1cccc(S(=O)(=O)N2C[C@H](CCC(=O)O)Oc3ccc(/C=C/c4cccc(Cl)c4C(F)(F)F)cc32)c1. The molecule has 0 fully saturated rings. The summed E-state index contributed by atoms with van der Waals surface area (Å²) in [6.45, 7) is 1.63. The van der Waals surface area contributed by atoms with E-state index in [2.05, 4.69) is 0 Å². The average molecular weight is 566 g/mol. The molecule has 1 heterocycles. The number of hydrogen-bond donors (Lipinski definition) is 1. The Morgan fingerprint density at radius 2 is 1.87 bits per heavy atom. The monoisotopic (exact) mass is 565 g/mol. The lowest BCUT2D eigenvalue weighted by Crippen LogP contribution is -2.43. The minimum Gasteiger partial charge on any atom is -0.486 e. The number of fused-ring (bicyclic) bond motifs is 1. The molecule has 0 bridgehead atoms. The van der Waals surface area contributed by atoms with Gasteiger partial charge in [-0.1, -0.05) is 54.1 Å². The molecule has 0 aromatic heterocycles. The Morgan fingerprint density at radius 1 is 1.13 bits per heavy atom. The van der Waals surface area contributed by atoms with Crippen LogP contribution in [0, 0.1) is 6.92 Å². The van der Waals surface area contributed by atoms with Gasteiger partial charge in [0.25, 0.3) is 10.0 Å².